The van der Waals surface area contributed by atoms with Gasteiger partial charge in [0.2, 0.25) is 5.78 Å². The topological polar surface area (TPSA) is 127 Å². The van der Waals surface area contributed by atoms with Crippen molar-refractivity contribution >= 4 is 23.5 Å². The molecule has 0 heterocycles. The molecule has 0 aromatic carbocycles. The van der Waals surface area contributed by atoms with E-state index in [-0.39, 0.29) is 25.0 Å². The Balaban J connectivity index is 1.76. The molecule has 3 saturated carbocycles. The first-order valence-corrected chi connectivity index (χ1v) is 12.6. The van der Waals surface area contributed by atoms with E-state index < -0.39 is 70.3 Å². The summed E-state index contributed by atoms with van der Waals surface area (Å²) in [5, 5.41) is 21.4. The molecule has 4 aliphatic carbocycles. The summed E-state index contributed by atoms with van der Waals surface area (Å²) in [5.41, 5.74) is -5.56. The molecule has 0 spiro atoms. The van der Waals surface area contributed by atoms with Crippen molar-refractivity contribution in [3.05, 3.63) is 23.8 Å². The molecule has 0 unspecified atom stereocenters. The Kier molecular flexibility index (Phi) is 6.57. The van der Waals surface area contributed by atoms with Crippen molar-refractivity contribution in [1.29, 1.82) is 0 Å². The summed E-state index contributed by atoms with van der Waals surface area (Å²) in [7, 11) is 1.20. The summed E-state index contributed by atoms with van der Waals surface area (Å²) in [6.45, 7) is 4.30. The van der Waals surface area contributed by atoms with Crippen LogP contribution in [0.5, 0.6) is 0 Å². The number of rotatable bonds is 6. The van der Waals surface area contributed by atoms with Crippen LogP contribution in [0.25, 0.3) is 0 Å². The number of methoxy groups -OCH3 is 1. The fourth-order valence-corrected chi connectivity index (χ4v) is 8.05. The molecule has 198 valence electrons. The van der Waals surface area contributed by atoms with Crippen LogP contribution in [0.1, 0.15) is 59.3 Å². The van der Waals surface area contributed by atoms with Gasteiger partial charge in [0.15, 0.2) is 17.1 Å². The highest BCUT2D eigenvalue weighted by Crippen LogP contribution is 2.71. The summed E-state index contributed by atoms with van der Waals surface area (Å²) in [5.74, 6) is -3.97. The van der Waals surface area contributed by atoms with Gasteiger partial charge in [0.05, 0.1) is 26.1 Å². The van der Waals surface area contributed by atoms with Gasteiger partial charge in [-0.1, -0.05) is 25.5 Å². The number of fused-ring (bicyclic) bond motifs is 5. The minimum atomic E-state index is -2.09. The van der Waals surface area contributed by atoms with Crippen LogP contribution in [0.15, 0.2) is 23.8 Å². The van der Waals surface area contributed by atoms with E-state index in [2.05, 4.69) is 4.74 Å². The lowest BCUT2D eigenvalue weighted by Gasteiger charge is -2.62. The number of allylic oxidation sites excluding steroid dienone is 4. The van der Waals surface area contributed by atoms with Crippen LogP contribution in [0.2, 0.25) is 0 Å². The van der Waals surface area contributed by atoms with Crippen LogP contribution in [-0.2, 0) is 28.7 Å². The van der Waals surface area contributed by atoms with Gasteiger partial charge in [-0.2, -0.15) is 0 Å². The standard InChI is InChI=1S/C27H35FO8/c1-15-11-19-18-6-5-16-12-17(30)9-10-24(16,2)26(18,28)20(31)13-25(19,3)27(15,21(32)14-29)36-23(34)8-7-22(33)35-4/h9-10,12,15,18-20,29,31H,5-8,11,13-14H2,1-4H3/t15-,18+,19+,20+,24+,25+,26+,27+/m1/s1. The van der Waals surface area contributed by atoms with Gasteiger partial charge in [-0.25, -0.2) is 4.39 Å². The largest absolute Gasteiger partial charge is 0.469 e. The molecule has 3 fully saturated rings. The number of esters is 2. The molecule has 0 bridgehead atoms. The number of ketones is 2. The fourth-order valence-electron chi connectivity index (χ4n) is 8.05. The second-order valence-electron chi connectivity index (χ2n) is 11.3. The van der Waals surface area contributed by atoms with Crippen molar-refractivity contribution in [3.63, 3.8) is 0 Å². The number of aliphatic hydroxyl groups excluding tert-OH is 2. The number of Topliss-reactive ketones (excluding diaryl/α,β-unsaturated/α-hetero) is 1. The summed E-state index contributed by atoms with van der Waals surface area (Å²) in [6.07, 6.45) is 3.31. The maximum absolute atomic E-state index is 17.3. The average molecular weight is 507 g/mol. The molecule has 8 atom stereocenters. The summed E-state index contributed by atoms with van der Waals surface area (Å²) in [6, 6.07) is 0. The highest BCUT2D eigenvalue weighted by Gasteiger charge is 2.77. The van der Waals surface area contributed by atoms with Crippen LogP contribution >= 0.6 is 0 Å². The molecule has 9 heteroatoms. The summed E-state index contributed by atoms with van der Waals surface area (Å²) in [4.78, 5) is 49.8. The lowest BCUT2D eigenvalue weighted by Crippen LogP contribution is -2.70. The van der Waals surface area contributed by atoms with E-state index >= 15 is 4.39 Å². The lowest BCUT2D eigenvalue weighted by molar-refractivity contribution is -0.228. The lowest BCUT2D eigenvalue weighted by atomic mass is 9.44. The van der Waals surface area contributed by atoms with Crippen molar-refractivity contribution in [3.8, 4) is 0 Å². The summed E-state index contributed by atoms with van der Waals surface area (Å²) >= 11 is 0. The third-order valence-corrected chi connectivity index (χ3v) is 9.77. The normalized spacial score (nSPS) is 43.1. The molecule has 0 radical (unpaired) electrons. The van der Waals surface area contributed by atoms with Gasteiger partial charge >= 0.3 is 11.9 Å². The Morgan fingerprint density at radius 3 is 2.47 bits per heavy atom. The monoisotopic (exact) mass is 506 g/mol. The van der Waals surface area contributed by atoms with E-state index in [1.54, 1.807) is 26.8 Å². The maximum atomic E-state index is 17.3. The van der Waals surface area contributed by atoms with Gasteiger partial charge in [0.1, 0.15) is 6.61 Å². The number of carbonyl (C=O) groups excluding carboxylic acids is 4. The summed E-state index contributed by atoms with van der Waals surface area (Å²) < 4.78 is 27.7. The van der Waals surface area contributed by atoms with Crippen LogP contribution in [0.4, 0.5) is 4.39 Å². The number of ether oxygens (including phenoxy) is 2. The second kappa shape index (κ2) is 8.87. The molecule has 4 rings (SSSR count). The highest BCUT2D eigenvalue weighted by molar-refractivity contribution is 6.01. The Hall–Kier alpha value is -2.39. The van der Waals surface area contributed by atoms with Crippen LogP contribution < -0.4 is 0 Å². The van der Waals surface area contributed by atoms with Crippen molar-refractivity contribution in [1.82, 2.24) is 0 Å². The Labute approximate surface area is 209 Å². The number of carbonyl (C=O) groups is 4. The highest BCUT2D eigenvalue weighted by atomic mass is 19.1. The fraction of sp³-hybridized carbons (Fsp3) is 0.704. The SMILES string of the molecule is COC(=O)CCC(=O)O[C@]1(C(=O)CO)[C@H](C)C[C@H]2[C@@H]3CCC4=CC(=O)C=C[C@]4(C)[C@@]3(F)[C@@H](O)C[C@@]21C. The third-order valence-electron chi connectivity index (χ3n) is 9.77. The molecule has 0 saturated heterocycles. The smallest absolute Gasteiger partial charge is 0.307 e. The van der Waals surface area contributed by atoms with E-state index in [1.807, 2.05) is 0 Å². The molecule has 36 heavy (non-hydrogen) atoms. The van der Waals surface area contributed by atoms with Crippen molar-refractivity contribution in [2.75, 3.05) is 13.7 Å². The maximum Gasteiger partial charge on any atom is 0.307 e. The number of halogens is 1. The number of hydrogen-bond acceptors (Lipinski definition) is 8. The molecular formula is C27H35FO8. The molecule has 4 aliphatic rings. The van der Waals surface area contributed by atoms with Gasteiger partial charge in [0, 0.05) is 22.7 Å². The van der Waals surface area contributed by atoms with Crippen LogP contribution in [0.3, 0.4) is 0 Å². The minimum absolute atomic E-state index is 0.171. The van der Waals surface area contributed by atoms with Crippen molar-refractivity contribution < 1.29 is 43.3 Å². The Morgan fingerprint density at radius 1 is 1.17 bits per heavy atom. The minimum Gasteiger partial charge on any atom is -0.469 e. The number of hydrogen-bond donors (Lipinski definition) is 2. The molecule has 0 aliphatic heterocycles. The first-order chi connectivity index (χ1) is 16.8. The zero-order valence-corrected chi connectivity index (χ0v) is 21.2. The van der Waals surface area contributed by atoms with Gasteiger partial charge in [0.25, 0.3) is 0 Å². The van der Waals surface area contributed by atoms with E-state index in [4.69, 9.17) is 4.74 Å². The van der Waals surface area contributed by atoms with Crippen LogP contribution in [-0.4, -0.2) is 64.8 Å². The van der Waals surface area contributed by atoms with Gasteiger partial charge in [-0.15, -0.1) is 0 Å². The van der Waals surface area contributed by atoms with E-state index in [9.17, 15) is 29.4 Å². The van der Waals surface area contributed by atoms with Gasteiger partial charge < -0.3 is 19.7 Å². The molecule has 0 aromatic rings. The number of aliphatic hydroxyl groups is 2. The van der Waals surface area contributed by atoms with Crippen molar-refractivity contribution in [2.45, 2.75) is 76.7 Å². The molecule has 0 aromatic heterocycles. The molecule has 8 nitrogen and oxygen atoms in total. The Morgan fingerprint density at radius 2 is 1.83 bits per heavy atom. The third kappa shape index (κ3) is 3.38. The van der Waals surface area contributed by atoms with E-state index in [1.165, 1.54) is 19.3 Å². The quantitative estimate of drug-likeness (QED) is 0.526. The van der Waals surface area contributed by atoms with E-state index in [0.717, 1.165) is 0 Å². The Bertz CT molecular complexity index is 1050. The zero-order valence-electron chi connectivity index (χ0n) is 21.2. The first-order valence-electron chi connectivity index (χ1n) is 12.6. The van der Waals surface area contributed by atoms with E-state index in [0.29, 0.717) is 24.8 Å². The molecular weight excluding hydrogens is 471 g/mol. The van der Waals surface area contributed by atoms with Gasteiger partial charge in [-0.05, 0) is 50.7 Å². The second-order valence-corrected chi connectivity index (χ2v) is 11.3. The zero-order chi connectivity index (χ0) is 26.7. The van der Waals surface area contributed by atoms with Gasteiger partial charge in [-0.3, -0.25) is 19.2 Å². The van der Waals surface area contributed by atoms with Crippen molar-refractivity contribution in [2.24, 2.45) is 28.6 Å². The molecule has 2 N–H and O–H groups in total. The van der Waals surface area contributed by atoms with Crippen LogP contribution in [0, 0.1) is 28.6 Å². The predicted molar refractivity (Wildman–Crippen MR) is 125 cm³/mol. The number of alkyl halides is 1. The average Bonchev–Trinajstić information content (AvgIpc) is 3.05. The first kappa shape index (κ1) is 26.7. The predicted octanol–water partition coefficient (Wildman–Crippen LogP) is 2.40. The molecule has 0 amide bonds.